The van der Waals surface area contributed by atoms with Crippen LogP contribution in [0.2, 0.25) is 0 Å². The zero-order valence-electron chi connectivity index (χ0n) is 13.7. The number of aromatic nitrogens is 2. The van der Waals surface area contributed by atoms with Crippen molar-refractivity contribution in [2.24, 2.45) is 7.05 Å². The molecule has 0 spiro atoms. The van der Waals surface area contributed by atoms with Gasteiger partial charge in [0.2, 0.25) is 5.91 Å². The van der Waals surface area contributed by atoms with Gasteiger partial charge in [0.1, 0.15) is 0 Å². The van der Waals surface area contributed by atoms with Crippen LogP contribution in [0.15, 0.2) is 36.0 Å². The van der Waals surface area contributed by atoms with E-state index in [9.17, 15) is 4.79 Å². The van der Waals surface area contributed by atoms with Crippen molar-refractivity contribution < 1.29 is 9.53 Å². The SMILES string of the molecule is Cn1cc(/C=C/C(=O)NC[C@H](c2cccs2)N2CCOCC2)cn1. The van der Waals surface area contributed by atoms with Gasteiger partial charge in [-0.15, -0.1) is 11.3 Å². The molecule has 3 rings (SSSR count). The number of carbonyl (C=O) groups is 1. The van der Waals surface area contributed by atoms with E-state index in [0.29, 0.717) is 6.54 Å². The molecule has 1 aliphatic heterocycles. The highest BCUT2D eigenvalue weighted by molar-refractivity contribution is 7.10. The Morgan fingerprint density at radius 2 is 2.33 bits per heavy atom. The lowest BCUT2D eigenvalue weighted by molar-refractivity contribution is -0.116. The molecule has 0 aromatic carbocycles. The van der Waals surface area contributed by atoms with Crippen molar-refractivity contribution in [1.29, 1.82) is 0 Å². The number of nitrogens with zero attached hydrogens (tertiary/aromatic N) is 3. The van der Waals surface area contributed by atoms with Gasteiger partial charge in [-0.1, -0.05) is 6.07 Å². The summed E-state index contributed by atoms with van der Waals surface area (Å²) in [5.41, 5.74) is 0.913. The summed E-state index contributed by atoms with van der Waals surface area (Å²) < 4.78 is 7.15. The smallest absolute Gasteiger partial charge is 0.244 e. The molecule has 24 heavy (non-hydrogen) atoms. The molecule has 1 amide bonds. The van der Waals surface area contributed by atoms with E-state index in [0.717, 1.165) is 31.9 Å². The number of ether oxygens (including phenoxy) is 1. The van der Waals surface area contributed by atoms with E-state index in [1.54, 1.807) is 34.4 Å². The molecule has 7 heteroatoms. The Hall–Kier alpha value is -1.96. The predicted octanol–water partition coefficient (Wildman–Crippen LogP) is 1.68. The largest absolute Gasteiger partial charge is 0.379 e. The first-order chi connectivity index (χ1) is 11.7. The van der Waals surface area contributed by atoms with E-state index < -0.39 is 0 Å². The van der Waals surface area contributed by atoms with Gasteiger partial charge in [-0.25, -0.2) is 0 Å². The molecule has 128 valence electrons. The first-order valence-electron chi connectivity index (χ1n) is 8.02. The Morgan fingerprint density at radius 3 is 3.00 bits per heavy atom. The molecular formula is C17H22N4O2S. The van der Waals surface area contributed by atoms with Crippen LogP contribution in [0.3, 0.4) is 0 Å². The minimum absolute atomic E-state index is 0.0892. The molecule has 6 nitrogen and oxygen atoms in total. The number of nitrogens with one attached hydrogen (secondary N) is 1. The monoisotopic (exact) mass is 346 g/mol. The normalized spacial score (nSPS) is 17.2. The maximum Gasteiger partial charge on any atom is 0.244 e. The van der Waals surface area contributed by atoms with E-state index in [1.807, 2.05) is 13.2 Å². The zero-order valence-corrected chi connectivity index (χ0v) is 14.5. The van der Waals surface area contributed by atoms with E-state index in [-0.39, 0.29) is 11.9 Å². The highest BCUT2D eigenvalue weighted by atomic mass is 32.1. The Balaban J connectivity index is 1.58. The van der Waals surface area contributed by atoms with E-state index >= 15 is 0 Å². The number of carbonyl (C=O) groups excluding carboxylic acids is 1. The molecule has 2 aromatic rings. The van der Waals surface area contributed by atoms with Crippen LogP contribution in [-0.4, -0.2) is 53.4 Å². The van der Waals surface area contributed by atoms with Crippen LogP contribution >= 0.6 is 11.3 Å². The van der Waals surface area contributed by atoms with Crippen molar-refractivity contribution in [3.05, 3.63) is 46.4 Å². The second kappa shape index (κ2) is 8.23. The molecule has 1 saturated heterocycles. The highest BCUT2D eigenvalue weighted by Gasteiger charge is 2.23. The van der Waals surface area contributed by atoms with Gasteiger partial charge in [0, 0.05) is 49.4 Å². The van der Waals surface area contributed by atoms with Crippen LogP contribution in [-0.2, 0) is 16.6 Å². The molecule has 0 radical (unpaired) electrons. The fraction of sp³-hybridized carbons (Fsp3) is 0.412. The summed E-state index contributed by atoms with van der Waals surface area (Å²) in [4.78, 5) is 15.8. The van der Waals surface area contributed by atoms with Crippen molar-refractivity contribution in [2.45, 2.75) is 6.04 Å². The number of hydrogen-bond acceptors (Lipinski definition) is 5. The molecule has 0 aliphatic carbocycles. The van der Waals surface area contributed by atoms with Crippen LogP contribution in [0.4, 0.5) is 0 Å². The summed E-state index contributed by atoms with van der Waals surface area (Å²) in [5.74, 6) is -0.0892. The van der Waals surface area contributed by atoms with Crippen molar-refractivity contribution in [3.63, 3.8) is 0 Å². The second-order valence-corrected chi connectivity index (χ2v) is 6.68. The molecule has 0 saturated carbocycles. The second-order valence-electron chi connectivity index (χ2n) is 5.71. The Morgan fingerprint density at radius 1 is 1.50 bits per heavy atom. The van der Waals surface area contributed by atoms with E-state index in [4.69, 9.17) is 4.74 Å². The van der Waals surface area contributed by atoms with Crippen molar-refractivity contribution in [2.75, 3.05) is 32.8 Å². The lowest BCUT2D eigenvalue weighted by atomic mass is 10.2. The highest BCUT2D eigenvalue weighted by Crippen LogP contribution is 2.25. The maximum absolute atomic E-state index is 12.1. The van der Waals surface area contributed by atoms with Crippen LogP contribution in [0.25, 0.3) is 6.08 Å². The molecule has 1 fully saturated rings. The average molecular weight is 346 g/mol. The molecule has 0 unspecified atom stereocenters. The van der Waals surface area contributed by atoms with Gasteiger partial charge < -0.3 is 10.1 Å². The van der Waals surface area contributed by atoms with Crippen molar-refractivity contribution in [3.8, 4) is 0 Å². The van der Waals surface area contributed by atoms with Crippen LogP contribution in [0, 0.1) is 0 Å². The first kappa shape index (κ1) is 16.9. The van der Waals surface area contributed by atoms with Gasteiger partial charge in [0.15, 0.2) is 0 Å². The summed E-state index contributed by atoms with van der Waals surface area (Å²) in [6, 6.07) is 4.38. The summed E-state index contributed by atoms with van der Waals surface area (Å²) in [7, 11) is 1.85. The Kier molecular flexibility index (Phi) is 5.79. The lowest BCUT2D eigenvalue weighted by Gasteiger charge is -2.34. The summed E-state index contributed by atoms with van der Waals surface area (Å²) in [6.45, 7) is 3.87. The average Bonchev–Trinajstić information content (AvgIpc) is 3.26. The maximum atomic E-state index is 12.1. The Bertz CT molecular complexity index is 675. The zero-order chi connectivity index (χ0) is 16.8. The minimum Gasteiger partial charge on any atom is -0.379 e. The molecule has 3 heterocycles. The van der Waals surface area contributed by atoms with Crippen LogP contribution < -0.4 is 5.32 Å². The Labute approximate surface area is 145 Å². The van der Waals surface area contributed by atoms with E-state index in [2.05, 4.69) is 32.8 Å². The van der Waals surface area contributed by atoms with Gasteiger partial charge in [-0.05, 0) is 17.5 Å². The third kappa shape index (κ3) is 4.53. The van der Waals surface area contributed by atoms with E-state index in [1.165, 1.54) is 4.88 Å². The predicted molar refractivity (Wildman–Crippen MR) is 94.7 cm³/mol. The van der Waals surface area contributed by atoms with Gasteiger partial charge in [0.25, 0.3) is 0 Å². The van der Waals surface area contributed by atoms with Gasteiger partial charge >= 0.3 is 0 Å². The number of amides is 1. The van der Waals surface area contributed by atoms with Crippen LogP contribution in [0.1, 0.15) is 16.5 Å². The summed E-state index contributed by atoms with van der Waals surface area (Å²) in [6.07, 6.45) is 6.93. The molecule has 2 aromatic heterocycles. The number of rotatable bonds is 6. The first-order valence-corrected chi connectivity index (χ1v) is 8.90. The topological polar surface area (TPSA) is 59.4 Å². The lowest BCUT2D eigenvalue weighted by Crippen LogP contribution is -2.43. The number of hydrogen-bond donors (Lipinski definition) is 1. The van der Waals surface area contributed by atoms with Gasteiger partial charge in [-0.2, -0.15) is 5.10 Å². The summed E-state index contributed by atoms with van der Waals surface area (Å²) >= 11 is 1.73. The fourth-order valence-electron chi connectivity index (χ4n) is 2.73. The standard InChI is InChI=1S/C17H22N4O2S/c1-20-13-14(11-19-20)4-5-17(22)18-12-15(16-3-2-10-24-16)21-6-8-23-9-7-21/h2-5,10-11,13,15H,6-9,12H2,1H3,(H,18,22)/b5-4+/t15-/m1/s1. The molecule has 0 bridgehead atoms. The van der Waals surface area contributed by atoms with Crippen molar-refractivity contribution >= 4 is 23.3 Å². The van der Waals surface area contributed by atoms with Gasteiger partial charge in [-0.3, -0.25) is 14.4 Å². The third-order valence-corrected chi connectivity index (χ3v) is 4.95. The fourth-order valence-corrected chi connectivity index (χ4v) is 3.59. The molecule has 1 aliphatic rings. The number of aryl methyl sites for hydroxylation is 1. The summed E-state index contributed by atoms with van der Waals surface area (Å²) in [5, 5.41) is 9.17. The number of morpholine rings is 1. The van der Waals surface area contributed by atoms with Gasteiger partial charge in [0.05, 0.1) is 25.5 Å². The van der Waals surface area contributed by atoms with Crippen molar-refractivity contribution in [1.82, 2.24) is 20.0 Å². The molecule has 1 N–H and O–H groups in total. The minimum atomic E-state index is -0.0892. The number of thiophene rings is 1. The quantitative estimate of drug-likeness (QED) is 0.809. The molecule has 1 atom stereocenters. The van der Waals surface area contributed by atoms with Crippen LogP contribution in [0.5, 0.6) is 0 Å². The molecular weight excluding hydrogens is 324 g/mol. The third-order valence-electron chi connectivity index (χ3n) is 3.98.